The van der Waals surface area contributed by atoms with Gasteiger partial charge in [0.25, 0.3) is 0 Å². The molecule has 0 amide bonds. The Labute approximate surface area is 210 Å². The van der Waals surface area contributed by atoms with Gasteiger partial charge in [-0.05, 0) is 42.7 Å². The molecule has 0 aliphatic heterocycles. The third-order valence-corrected chi connectivity index (χ3v) is 5.75. The summed E-state index contributed by atoms with van der Waals surface area (Å²) < 4.78 is 6.14. The Kier molecular flexibility index (Phi) is 9.05. The van der Waals surface area contributed by atoms with Crippen LogP contribution in [0.1, 0.15) is 29.3 Å². The van der Waals surface area contributed by atoms with E-state index in [-0.39, 0.29) is 13.2 Å². The summed E-state index contributed by atoms with van der Waals surface area (Å²) in [6.07, 6.45) is 2.18. The van der Waals surface area contributed by atoms with Gasteiger partial charge in [0, 0.05) is 31.0 Å². The molecule has 5 N–H and O–H groups in total. The van der Waals surface area contributed by atoms with E-state index >= 15 is 0 Å². The average Bonchev–Trinajstić information content (AvgIpc) is 2.85. The number of halogens is 1. The molecule has 9 heteroatoms. The average molecular weight is 495 g/mol. The summed E-state index contributed by atoms with van der Waals surface area (Å²) in [7, 11) is 1.70. The molecule has 0 atom stereocenters. The van der Waals surface area contributed by atoms with E-state index in [4.69, 9.17) is 27.2 Å². The zero-order valence-electron chi connectivity index (χ0n) is 20.2. The minimum atomic E-state index is 0.0298. The molecule has 184 valence electrons. The molecule has 0 saturated heterocycles. The summed E-state index contributed by atoms with van der Waals surface area (Å²) in [6, 6.07) is 11.4. The smallest absolute Gasteiger partial charge is 0.136 e. The number of nitrogen functional groups attached to an aromatic ring is 1. The summed E-state index contributed by atoms with van der Waals surface area (Å²) in [5, 5.41) is 15.9. The van der Waals surface area contributed by atoms with Crippen LogP contribution in [-0.4, -0.2) is 47.6 Å². The Morgan fingerprint density at radius 2 is 2.03 bits per heavy atom. The van der Waals surface area contributed by atoms with Gasteiger partial charge in [-0.1, -0.05) is 37.2 Å². The second-order valence-corrected chi connectivity index (χ2v) is 8.23. The number of aromatic nitrogens is 2. The SMILES string of the molecule is C=C(Nc1ccc(C)c(OCC(=NC)c2c(N)ncnc2CC)c1)c1ccc(NCCO)c(Cl)c1. The van der Waals surface area contributed by atoms with Gasteiger partial charge in [-0.2, -0.15) is 0 Å². The standard InChI is InChI=1S/C26H31ClN6O2/c1-5-21-25(26(28)32-15-31-21)23(29-4)14-35-24-13-19(8-6-16(24)2)33-17(3)18-7-9-22(20(27)12-18)30-10-11-34/h6-9,12-13,15,30,33-34H,3,5,10-11,14H2,1-2,4H3,(H2,28,31,32). The van der Waals surface area contributed by atoms with Gasteiger partial charge in [0.2, 0.25) is 0 Å². The Balaban J connectivity index is 1.73. The van der Waals surface area contributed by atoms with E-state index in [9.17, 15) is 0 Å². The second-order valence-electron chi connectivity index (χ2n) is 7.82. The molecular weight excluding hydrogens is 464 g/mol. The van der Waals surface area contributed by atoms with Crippen LogP contribution in [0.25, 0.3) is 5.70 Å². The number of aryl methyl sites for hydroxylation is 2. The third-order valence-electron chi connectivity index (χ3n) is 5.44. The molecule has 0 saturated carbocycles. The fourth-order valence-electron chi connectivity index (χ4n) is 3.53. The number of nitrogens with two attached hydrogens (primary N) is 1. The first-order chi connectivity index (χ1) is 16.9. The first-order valence-corrected chi connectivity index (χ1v) is 11.6. The van der Waals surface area contributed by atoms with Crippen molar-refractivity contribution in [3.8, 4) is 5.75 Å². The van der Waals surface area contributed by atoms with Crippen molar-refractivity contribution in [1.29, 1.82) is 0 Å². The van der Waals surface area contributed by atoms with Crippen LogP contribution < -0.4 is 21.1 Å². The van der Waals surface area contributed by atoms with Crippen molar-refractivity contribution >= 4 is 40.2 Å². The van der Waals surface area contributed by atoms with Crippen molar-refractivity contribution in [3.63, 3.8) is 0 Å². The molecule has 0 radical (unpaired) electrons. The van der Waals surface area contributed by atoms with E-state index in [0.29, 0.717) is 41.0 Å². The summed E-state index contributed by atoms with van der Waals surface area (Å²) in [5.74, 6) is 1.10. The van der Waals surface area contributed by atoms with Crippen LogP contribution in [0.2, 0.25) is 5.02 Å². The number of hydrogen-bond acceptors (Lipinski definition) is 8. The maximum Gasteiger partial charge on any atom is 0.136 e. The van der Waals surface area contributed by atoms with E-state index in [0.717, 1.165) is 33.8 Å². The number of anilines is 3. The number of benzene rings is 2. The fraction of sp³-hybridized carbons (Fsp3) is 0.269. The van der Waals surface area contributed by atoms with E-state index in [1.165, 1.54) is 6.33 Å². The Morgan fingerprint density at radius 3 is 2.71 bits per heavy atom. The molecule has 3 aromatic rings. The molecule has 0 bridgehead atoms. The van der Waals surface area contributed by atoms with Crippen LogP contribution in [0.3, 0.4) is 0 Å². The van der Waals surface area contributed by atoms with Gasteiger partial charge in [-0.15, -0.1) is 0 Å². The van der Waals surface area contributed by atoms with Crippen LogP contribution in [0, 0.1) is 6.92 Å². The normalized spacial score (nSPS) is 11.3. The van der Waals surface area contributed by atoms with Crippen molar-refractivity contribution in [2.45, 2.75) is 20.3 Å². The Hall–Kier alpha value is -3.62. The highest BCUT2D eigenvalue weighted by Crippen LogP contribution is 2.29. The van der Waals surface area contributed by atoms with Crippen LogP contribution in [0.15, 0.2) is 54.3 Å². The van der Waals surface area contributed by atoms with Crippen LogP contribution >= 0.6 is 11.6 Å². The largest absolute Gasteiger partial charge is 0.487 e. The van der Waals surface area contributed by atoms with E-state index in [2.05, 4.69) is 32.2 Å². The number of hydrogen-bond donors (Lipinski definition) is 4. The minimum Gasteiger partial charge on any atom is -0.487 e. The lowest BCUT2D eigenvalue weighted by Crippen LogP contribution is -2.19. The van der Waals surface area contributed by atoms with E-state index in [1.54, 1.807) is 7.05 Å². The number of nitrogens with zero attached hydrogens (tertiary/aromatic N) is 3. The van der Waals surface area contributed by atoms with Gasteiger partial charge >= 0.3 is 0 Å². The second kappa shape index (κ2) is 12.2. The number of aliphatic hydroxyl groups is 1. The molecule has 35 heavy (non-hydrogen) atoms. The molecule has 0 aliphatic carbocycles. The van der Waals surface area contributed by atoms with Gasteiger partial charge in [-0.3, -0.25) is 4.99 Å². The molecule has 0 unspecified atom stereocenters. The molecule has 2 aromatic carbocycles. The predicted molar refractivity (Wildman–Crippen MR) is 145 cm³/mol. The summed E-state index contributed by atoms with van der Waals surface area (Å²) in [4.78, 5) is 12.8. The molecule has 1 aromatic heterocycles. The van der Waals surface area contributed by atoms with Crippen molar-refractivity contribution in [3.05, 3.63) is 76.7 Å². The number of nitrogens with one attached hydrogen (secondary N) is 2. The number of aliphatic imine (C=N–C) groups is 1. The van der Waals surface area contributed by atoms with E-state index in [1.807, 2.05) is 50.2 Å². The maximum atomic E-state index is 8.99. The van der Waals surface area contributed by atoms with Gasteiger partial charge in [-0.25, -0.2) is 9.97 Å². The van der Waals surface area contributed by atoms with Crippen molar-refractivity contribution < 1.29 is 9.84 Å². The fourth-order valence-corrected chi connectivity index (χ4v) is 3.78. The summed E-state index contributed by atoms with van der Waals surface area (Å²) in [5.41, 5.74) is 12.5. The summed E-state index contributed by atoms with van der Waals surface area (Å²) in [6.45, 7) is 8.82. The van der Waals surface area contributed by atoms with Crippen molar-refractivity contribution in [2.24, 2.45) is 4.99 Å². The highest BCUT2D eigenvalue weighted by molar-refractivity contribution is 6.33. The lowest BCUT2D eigenvalue weighted by Gasteiger charge is -2.16. The number of aliphatic hydroxyl groups excluding tert-OH is 1. The molecule has 0 aliphatic rings. The maximum absolute atomic E-state index is 8.99. The lowest BCUT2D eigenvalue weighted by atomic mass is 10.1. The molecule has 0 fully saturated rings. The molecule has 0 spiro atoms. The topological polar surface area (TPSA) is 118 Å². The minimum absolute atomic E-state index is 0.0298. The molecule has 8 nitrogen and oxygen atoms in total. The van der Waals surface area contributed by atoms with Gasteiger partial charge in [0.1, 0.15) is 24.5 Å². The highest BCUT2D eigenvalue weighted by Gasteiger charge is 2.15. The first kappa shape index (κ1) is 26.0. The van der Waals surface area contributed by atoms with Crippen molar-refractivity contribution in [1.82, 2.24) is 9.97 Å². The Morgan fingerprint density at radius 1 is 1.23 bits per heavy atom. The first-order valence-electron chi connectivity index (χ1n) is 11.3. The zero-order valence-corrected chi connectivity index (χ0v) is 21.0. The van der Waals surface area contributed by atoms with Crippen LogP contribution in [0.5, 0.6) is 5.75 Å². The van der Waals surface area contributed by atoms with Gasteiger partial charge in [0.15, 0.2) is 0 Å². The Bertz CT molecular complexity index is 1230. The lowest BCUT2D eigenvalue weighted by molar-refractivity contribution is 0.311. The predicted octanol–water partition coefficient (Wildman–Crippen LogP) is 4.57. The monoisotopic (exact) mass is 494 g/mol. The zero-order chi connectivity index (χ0) is 25.4. The molecule has 1 heterocycles. The third kappa shape index (κ3) is 6.49. The van der Waals surface area contributed by atoms with Crippen molar-refractivity contribution in [2.75, 3.05) is 43.2 Å². The van der Waals surface area contributed by atoms with Crippen LogP contribution in [0.4, 0.5) is 17.2 Å². The van der Waals surface area contributed by atoms with Gasteiger partial charge in [0.05, 0.1) is 34.3 Å². The van der Waals surface area contributed by atoms with Crippen LogP contribution in [-0.2, 0) is 6.42 Å². The van der Waals surface area contributed by atoms with E-state index < -0.39 is 0 Å². The number of rotatable bonds is 11. The molecule has 3 rings (SSSR count). The highest BCUT2D eigenvalue weighted by atomic mass is 35.5. The quantitative estimate of drug-likeness (QED) is 0.288. The molecular formula is C26H31ClN6O2. The van der Waals surface area contributed by atoms with Gasteiger partial charge < -0.3 is 26.2 Å². The summed E-state index contributed by atoms with van der Waals surface area (Å²) >= 11 is 6.36. The number of ether oxygens (including phenoxy) is 1.